The molecule has 0 aliphatic rings. The highest BCUT2D eigenvalue weighted by atomic mass is 16.4. The number of hydrogen-bond donors (Lipinski definition) is 0. The quantitative estimate of drug-likeness (QED) is 0.618. The van der Waals surface area contributed by atoms with Crippen molar-refractivity contribution in [3.8, 4) is 0 Å². The number of carbonyl (C=O) groups excluding carboxylic acids is 1. The highest BCUT2D eigenvalue weighted by Gasteiger charge is 2.27. The van der Waals surface area contributed by atoms with E-state index in [1.165, 1.54) is 0 Å². The summed E-state index contributed by atoms with van der Waals surface area (Å²) in [7, 11) is 3.84. The first-order valence-corrected chi connectivity index (χ1v) is 4.71. The van der Waals surface area contributed by atoms with E-state index >= 15 is 0 Å². The summed E-state index contributed by atoms with van der Waals surface area (Å²) >= 11 is 0. The fourth-order valence-corrected chi connectivity index (χ4v) is 1.41. The van der Waals surface area contributed by atoms with Crippen LogP contribution in [0.3, 0.4) is 0 Å². The molecule has 0 aliphatic heterocycles. The van der Waals surface area contributed by atoms with Gasteiger partial charge in [-0.3, -0.25) is 0 Å². The molecule has 14 heavy (non-hydrogen) atoms. The van der Waals surface area contributed by atoms with E-state index in [4.69, 9.17) is 0 Å². The molecule has 0 aromatic rings. The summed E-state index contributed by atoms with van der Waals surface area (Å²) in [6.45, 7) is 10.3. The molecule has 3 heteroatoms. The molecule has 0 amide bonds. The Balaban J connectivity index is 4.74. The summed E-state index contributed by atoms with van der Waals surface area (Å²) in [4.78, 5) is 12.7. The average Bonchev–Trinajstić information content (AvgIpc) is 1.96. The number of rotatable bonds is 4. The summed E-state index contributed by atoms with van der Waals surface area (Å²) in [5.74, 6) is -1.23. The van der Waals surface area contributed by atoms with Gasteiger partial charge in [0.25, 0.3) is 0 Å². The van der Waals surface area contributed by atoms with Gasteiger partial charge in [-0.25, -0.2) is 0 Å². The summed E-state index contributed by atoms with van der Waals surface area (Å²) in [6.07, 6.45) is 0. The van der Waals surface area contributed by atoms with Crippen LogP contribution in [0.25, 0.3) is 0 Å². The highest BCUT2D eigenvalue weighted by Crippen LogP contribution is 2.31. The number of carboxylic acid groups (broad SMARTS) is 1. The van der Waals surface area contributed by atoms with Crippen LogP contribution in [0.15, 0.2) is 12.2 Å². The Bertz CT molecular complexity index is 226. The van der Waals surface area contributed by atoms with Gasteiger partial charge in [-0.05, 0) is 25.1 Å². The third kappa shape index (κ3) is 3.92. The SMILES string of the molecule is C=C(C(=O)[O-])C(CN(C)C)C(C)(C)C. The lowest BCUT2D eigenvalue weighted by atomic mass is 9.76. The van der Waals surface area contributed by atoms with Crippen molar-refractivity contribution >= 4 is 5.97 Å². The van der Waals surface area contributed by atoms with Gasteiger partial charge in [-0.15, -0.1) is 0 Å². The molecule has 0 N–H and O–H groups in total. The number of hydrogen-bond acceptors (Lipinski definition) is 3. The minimum atomic E-state index is -1.15. The minimum Gasteiger partial charge on any atom is -0.545 e. The molecule has 0 fully saturated rings. The van der Waals surface area contributed by atoms with E-state index in [1.54, 1.807) is 0 Å². The molecular weight excluding hydrogens is 178 g/mol. The number of aliphatic carboxylic acids is 1. The Kier molecular flexibility index (Phi) is 4.33. The molecular formula is C11H20NO2-. The molecule has 0 aromatic heterocycles. The van der Waals surface area contributed by atoms with Crippen LogP contribution >= 0.6 is 0 Å². The van der Waals surface area contributed by atoms with Crippen molar-refractivity contribution in [3.63, 3.8) is 0 Å². The van der Waals surface area contributed by atoms with Crippen molar-refractivity contribution in [1.29, 1.82) is 0 Å². The van der Waals surface area contributed by atoms with Gasteiger partial charge in [0, 0.05) is 12.5 Å². The second-order valence-electron chi connectivity index (χ2n) is 4.99. The van der Waals surface area contributed by atoms with Gasteiger partial charge in [0.15, 0.2) is 0 Å². The molecule has 0 heterocycles. The maximum Gasteiger partial charge on any atom is 0.0672 e. The Morgan fingerprint density at radius 3 is 2.07 bits per heavy atom. The monoisotopic (exact) mass is 198 g/mol. The Morgan fingerprint density at radius 2 is 1.86 bits per heavy atom. The summed E-state index contributed by atoms with van der Waals surface area (Å²) in [5, 5.41) is 10.7. The van der Waals surface area contributed by atoms with Gasteiger partial charge in [-0.2, -0.15) is 0 Å². The first-order chi connectivity index (χ1) is 6.16. The molecule has 0 radical (unpaired) electrons. The lowest BCUT2D eigenvalue weighted by molar-refractivity contribution is -0.300. The van der Waals surface area contributed by atoms with Crippen molar-refractivity contribution in [3.05, 3.63) is 12.2 Å². The van der Waals surface area contributed by atoms with Gasteiger partial charge in [0.1, 0.15) is 0 Å². The predicted molar refractivity (Wildman–Crippen MR) is 55.6 cm³/mol. The first-order valence-electron chi connectivity index (χ1n) is 4.71. The Morgan fingerprint density at radius 1 is 1.43 bits per heavy atom. The molecule has 3 nitrogen and oxygen atoms in total. The number of carboxylic acids is 1. The molecule has 0 spiro atoms. The smallest absolute Gasteiger partial charge is 0.0672 e. The van der Waals surface area contributed by atoms with Crippen LogP contribution in [-0.2, 0) is 4.79 Å². The van der Waals surface area contributed by atoms with E-state index in [2.05, 4.69) is 6.58 Å². The fraction of sp³-hybridized carbons (Fsp3) is 0.727. The largest absolute Gasteiger partial charge is 0.545 e. The van der Waals surface area contributed by atoms with E-state index in [0.717, 1.165) is 0 Å². The van der Waals surface area contributed by atoms with Crippen LogP contribution in [0.5, 0.6) is 0 Å². The zero-order chi connectivity index (χ0) is 11.5. The van der Waals surface area contributed by atoms with Gasteiger partial charge in [0.05, 0.1) is 5.97 Å². The number of carbonyl (C=O) groups is 1. The van der Waals surface area contributed by atoms with Crippen molar-refractivity contribution < 1.29 is 9.90 Å². The van der Waals surface area contributed by atoms with Crippen LogP contribution in [0.1, 0.15) is 20.8 Å². The third-order valence-corrected chi connectivity index (χ3v) is 2.28. The zero-order valence-electron chi connectivity index (χ0n) is 9.76. The normalized spacial score (nSPS) is 14.1. The van der Waals surface area contributed by atoms with Crippen LogP contribution < -0.4 is 5.11 Å². The van der Waals surface area contributed by atoms with Gasteiger partial charge >= 0.3 is 0 Å². The second kappa shape index (κ2) is 4.60. The van der Waals surface area contributed by atoms with E-state index < -0.39 is 5.97 Å². The molecule has 1 unspecified atom stereocenters. The first kappa shape index (κ1) is 13.2. The molecule has 0 aliphatic carbocycles. The molecule has 0 saturated heterocycles. The van der Waals surface area contributed by atoms with Crippen LogP contribution in [0.4, 0.5) is 0 Å². The van der Waals surface area contributed by atoms with Crippen molar-refractivity contribution in [2.75, 3.05) is 20.6 Å². The summed E-state index contributed by atoms with van der Waals surface area (Å²) in [5.41, 5.74) is 0.0766. The topological polar surface area (TPSA) is 43.4 Å². The Hall–Kier alpha value is -0.830. The fourth-order valence-electron chi connectivity index (χ4n) is 1.41. The second-order valence-corrected chi connectivity index (χ2v) is 4.99. The average molecular weight is 198 g/mol. The van der Waals surface area contributed by atoms with Crippen LogP contribution in [-0.4, -0.2) is 31.5 Å². The predicted octanol–water partition coefficient (Wildman–Crippen LogP) is 0.516. The van der Waals surface area contributed by atoms with Crippen molar-refractivity contribution in [2.45, 2.75) is 20.8 Å². The van der Waals surface area contributed by atoms with E-state index in [1.807, 2.05) is 39.8 Å². The standard InChI is InChI=1S/C11H21NO2/c1-8(10(13)14)9(7-12(5)6)11(2,3)4/h9H,1,7H2,2-6H3,(H,13,14)/p-1. The van der Waals surface area contributed by atoms with Crippen molar-refractivity contribution in [1.82, 2.24) is 4.90 Å². The third-order valence-electron chi connectivity index (χ3n) is 2.28. The summed E-state index contributed by atoms with van der Waals surface area (Å²) < 4.78 is 0. The highest BCUT2D eigenvalue weighted by molar-refractivity contribution is 5.84. The van der Waals surface area contributed by atoms with Gasteiger partial charge in [-0.1, -0.05) is 27.4 Å². The molecule has 0 saturated carbocycles. The molecule has 82 valence electrons. The van der Waals surface area contributed by atoms with E-state index in [0.29, 0.717) is 6.54 Å². The number of nitrogens with zero attached hydrogens (tertiary/aromatic N) is 1. The van der Waals surface area contributed by atoms with E-state index in [9.17, 15) is 9.90 Å². The maximum absolute atomic E-state index is 10.7. The summed E-state index contributed by atoms with van der Waals surface area (Å²) in [6, 6.07) is 0. The van der Waals surface area contributed by atoms with E-state index in [-0.39, 0.29) is 16.9 Å². The molecule has 0 aromatic carbocycles. The molecule has 0 rings (SSSR count). The lowest BCUT2D eigenvalue weighted by Crippen LogP contribution is -2.38. The van der Waals surface area contributed by atoms with Crippen LogP contribution in [0.2, 0.25) is 0 Å². The van der Waals surface area contributed by atoms with Gasteiger partial charge < -0.3 is 14.8 Å². The maximum atomic E-state index is 10.7. The van der Waals surface area contributed by atoms with Gasteiger partial charge in [0.2, 0.25) is 0 Å². The minimum absolute atomic E-state index is 0.0810. The van der Waals surface area contributed by atoms with Crippen LogP contribution in [0, 0.1) is 11.3 Å². The molecule has 0 bridgehead atoms. The lowest BCUT2D eigenvalue weighted by Gasteiger charge is -2.34. The molecule has 1 atom stereocenters. The Labute approximate surface area is 86.4 Å². The zero-order valence-corrected chi connectivity index (χ0v) is 9.76. The van der Waals surface area contributed by atoms with Crippen molar-refractivity contribution in [2.24, 2.45) is 11.3 Å².